The number of ether oxygens (including phenoxy) is 3. The van der Waals surface area contributed by atoms with Gasteiger partial charge < -0.3 is 14.2 Å². The molecule has 1 heterocycles. The average Bonchev–Trinajstić information content (AvgIpc) is 2.90. The average molecular weight is 582 g/mol. The summed E-state index contributed by atoms with van der Waals surface area (Å²) in [6, 6.07) is 14.5. The van der Waals surface area contributed by atoms with Crippen molar-refractivity contribution in [2.24, 2.45) is 0 Å². The van der Waals surface area contributed by atoms with Crippen LogP contribution in [-0.2, 0) is 16.2 Å². The van der Waals surface area contributed by atoms with Gasteiger partial charge in [-0.25, -0.2) is 9.69 Å². The number of anilines is 1. The Kier molecular flexibility index (Phi) is 7.72. The number of imide groups is 2. The summed E-state index contributed by atoms with van der Waals surface area (Å²) >= 11 is 3.42. The van der Waals surface area contributed by atoms with Gasteiger partial charge in [0, 0.05) is 12.1 Å². The molecule has 1 fully saturated rings. The second kappa shape index (κ2) is 11.1. The van der Waals surface area contributed by atoms with Gasteiger partial charge in [0.25, 0.3) is 17.5 Å². The lowest BCUT2D eigenvalue weighted by atomic mass is 10.1. The van der Waals surface area contributed by atoms with Crippen molar-refractivity contribution in [1.29, 1.82) is 0 Å². The van der Waals surface area contributed by atoms with Gasteiger partial charge in [0.2, 0.25) is 0 Å². The maximum atomic E-state index is 13.2. The number of nitro benzene ring substituents is 1. The van der Waals surface area contributed by atoms with E-state index in [-0.39, 0.29) is 23.6 Å². The summed E-state index contributed by atoms with van der Waals surface area (Å²) in [6.45, 7) is 0.104. The Labute approximate surface area is 224 Å². The minimum atomic E-state index is -0.865. The van der Waals surface area contributed by atoms with Crippen LogP contribution in [0.5, 0.6) is 17.2 Å². The van der Waals surface area contributed by atoms with Crippen LogP contribution < -0.4 is 24.4 Å². The zero-order chi connectivity index (χ0) is 27.4. The fourth-order valence-corrected chi connectivity index (χ4v) is 4.20. The van der Waals surface area contributed by atoms with Gasteiger partial charge in [-0.2, -0.15) is 0 Å². The second-order valence-electron chi connectivity index (χ2n) is 7.90. The topological polar surface area (TPSA) is 137 Å². The number of methoxy groups -OCH3 is 2. The second-order valence-corrected chi connectivity index (χ2v) is 8.76. The number of barbiturate groups is 1. The number of carbonyl (C=O) groups excluding carboxylic acids is 3. The third-order valence-electron chi connectivity index (χ3n) is 5.53. The highest BCUT2D eigenvalue weighted by Crippen LogP contribution is 2.38. The van der Waals surface area contributed by atoms with E-state index in [9.17, 15) is 24.5 Å². The number of rotatable bonds is 8. The summed E-state index contributed by atoms with van der Waals surface area (Å²) in [6.07, 6.45) is 1.34. The van der Waals surface area contributed by atoms with E-state index in [4.69, 9.17) is 14.2 Å². The molecule has 4 rings (SSSR count). The van der Waals surface area contributed by atoms with Gasteiger partial charge >= 0.3 is 6.03 Å². The molecule has 0 unspecified atom stereocenters. The molecule has 0 radical (unpaired) electrons. The lowest BCUT2D eigenvalue weighted by Crippen LogP contribution is -2.54. The summed E-state index contributed by atoms with van der Waals surface area (Å²) < 4.78 is 16.9. The standard InChI is InChI=1S/C26H20BrN3O8/c1-36-19-9-7-17(8-10-19)29-25(32)20(24(31)28-26(29)33)11-16-12-21(27)23(22(13-16)37-2)38-14-15-3-5-18(6-4-15)30(34)35/h3-13H,14H2,1-2H3,(H,28,31,33)/b20-11+. The minimum absolute atomic E-state index is 0.0292. The molecule has 0 saturated carbocycles. The molecule has 0 atom stereocenters. The maximum absolute atomic E-state index is 13.2. The highest BCUT2D eigenvalue weighted by molar-refractivity contribution is 9.10. The van der Waals surface area contributed by atoms with Crippen molar-refractivity contribution < 1.29 is 33.5 Å². The van der Waals surface area contributed by atoms with Crippen molar-refractivity contribution in [3.63, 3.8) is 0 Å². The van der Waals surface area contributed by atoms with Gasteiger partial charge in [-0.15, -0.1) is 0 Å². The van der Waals surface area contributed by atoms with Crippen molar-refractivity contribution in [1.82, 2.24) is 5.32 Å². The van der Waals surface area contributed by atoms with E-state index < -0.39 is 22.8 Å². The largest absolute Gasteiger partial charge is 0.497 e. The first-order chi connectivity index (χ1) is 18.2. The number of non-ortho nitro benzene ring substituents is 1. The van der Waals surface area contributed by atoms with Crippen molar-refractivity contribution in [3.8, 4) is 17.2 Å². The van der Waals surface area contributed by atoms with Crippen LogP contribution in [0.4, 0.5) is 16.2 Å². The van der Waals surface area contributed by atoms with Gasteiger partial charge in [0.05, 0.1) is 29.3 Å². The third kappa shape index (κ3) is 5.49. The summed E-state index contributed by atoms with van der Waals surface area (Å²) in [5.41, 5.74) is 1.11. The minimum Gasteiger partial charge on any atom is -0.497 e. The molecule has 1 aliphatic heterocycles. The van der Waals surface area contributed by atoms with E-state index in [1.807, 2.05) is 0 Å². The summed E-state index contributed by atoms with van der Waals surface area (Å²) in [7, 11) is 2.92. The van der Waals surface area contributed by atoms with Gasteiger partial charge in [-0.05, 0) is 81.7 Å². The molecule has 4 amide bonds. The number of carbonyl (C=O) groups is 3. The third-order valence-corrected chi connectivity index (χ3v) is 6.11. The first-order valence-electron chi connectivity index (χ1n) is 11.0. The Morgan fingerprint density at radius 1 is 1.00 bits per heavy atom. The molecular weight excluding hydrogens is 562 g/mol. The van der Waals surface area contributed by atoms with E-state index in [1.165, 1.54) is 44.6 Å². The van der Waals surface area contributed by atoms with E-state index in [0.717, 1.165) is 4.90 Å². The highest BCUT2D eigenvalue weighted by atomic mass is 79.9. The molecule has 1 N–H and O–H groups in total. The number of benzene rings is 3. The van der Waals surface area contributed by atoms with Crippen LogP contribution in [0.2, 0.25) is 0 Å². The Balaban J connectivity index is 1.59. The summed E-state index contributed by atoms with van der Waals surface area (Å²) in [5, 5.41) is 13.0. The van der Waals surface area contributed by atoms with Crippen molar-refractivity contribution >= 4 is 51.2 Å². The first kappa shape index (κ1) is 26.4. The molecule has 1 aliphatic rings. The normalized spacial score (nSPS) is 14.3. The van der Waals surface area contributed by atoms with Crippen molar-refractivity contribution in [3.05, 3.63) is 92.0 Å². The van der Waals surface area contributed by atoms with Crippen LogP contribution in [0.25, 0.3) is 6.08 Å². The monoisotopic (exact) mass is 581 g/mol. The fourth-order valence-electron chi connectivity index (χ4n) is 3.62. The Morgan fingerprint density at radius 3 is 2.29 bits per heavy atom. The van der Waals surface area contributed by atoms with E-state index in [1.54, 1.807) is 36.4 Å². The maximum Gasteiger partial charge on any atom is 0.335 e. The zero-order valence-electron chi connectivity index (χ0n) is 20.1. The highest BCUT2D eigenvalue weighted by Gasteiger charge is 2.37. The van der Waals surface area contributed by atoms with Gasteiger partial charge in [0.1, 0.15) is 17.9 Å². The number of hydrogen-bond donors (Lipinski definition) is 1. The fraction of sp³-hybridized carbons (Fsp3) is 0.115. The smallest absolute Gasteiger partial charge is 0.335 e. The van der Waals surface area contributed by atoms with Crippen LogP contribution in [0.3, 0.4) is 0 Å². The molecule has 38 heavy (non-hydrogen) atoms. The molecule has 3 aromatic carbocycles. The Bertz CT molecular complexity index is 1450. The number of nitro groups is 1. The number of nitrogens with zero attached hydrogens (tertiary/aromatic N) is 2. The predicted octanol–water partition coefficient (Wildman–Crippen LogP) is 4.62. The summed E-state index contributed by atoms with van der Waals surface area (Å²) in [5.74, 6) is -0.434. The molecule has 0 bridgehead atoms. The number of halogens is 1. The van der Waals surface area contributed by atoms with Crippen LogP contribution in [0, 0.1) is 10.1 Å². The van der Waals surface area contributed by atoms with Crippen LogP contribution >= 0.6 is 15.9 Å². The predicted molar refractivity (Wildman–Crippen MR) is 140 cm³/mol. The molecule has 0 spiro atoms. The van der Waals surface area contributed by atoms with Crippen LogP contribution in [-0.4, -0.2) is 37.0 Å². The molecule has 1 saturated heterocycles. The molecule has 194 valence electrons. The van der Waals surface area contributed by atoms with Crippen molar-refractivity contribution in [2.75, 3.05) is 19.1 Å². The van der Waals surface area contributed by atoms with E-state index in [0.29, 0.717) is 32.8 Å². The van der Waals surface area contributed by atoms with E-state index in [2.05, 4.69) is 21.2 Å². The molecule has 3 aromatic rings. The molecule has 11 nitrogen and oxygen atoms in total. The zero-order valence-corrected chi connectivity index (χ0v) is 21.7. The lowest BCUT2D eigenvalue weighted by Gasteiger charge is -2.26. The number of urea groups is 1. The quantitative estimate of drug-likeness (QED) is 0.176. The van der Waals surface area contributed by atoms with Gasteiger partial charge in [0.15, 0.2) is 11.5 Å². The van der Waals surface area contributed by atoms with Crippen LogP contribution in [0.15, 0.2) is 70.7 Å². The molecule has 12 heteroatoms. The SMILES string of the molecule is COc1ccc(N2C(=O)NC(=O)/C(=C\c3cc(Br)c(OCc4ccc([N+](=O)[O-])cc4)c(OC)c3)C2=O)cc1. The van der Waals surface area contributed by atoms with E-state index >= 15 is 0 Å². The molecule has 0 aromatic heterocycles. The van der Waals surface area contributed by atoms with Crippen LogP contribution in [0.1, 0.15) is 11.1 Å². The van der Waals surface area contributed by atoms with Gasteiger partial charge in [-0.3, -0.25) is 25.0 Å². The Hall–Kier alpha value is -4.71. The number of nitrogens with one attached hydrogen (secondary N) is 1. The molecular formula is C26H20BrN3O8. The Morgan fingerprint density at radius 2 is 1.68 bits per heavy atom. The number of amides is 4. The lowest BCUT2D eigenvalue weighted by molar-refractivity contribution is -0.384. The summed E-state index contributed by atoms with van der Waals surface area (Å²) in [4.78, 5) is 49.4. The molecule has 0 aliphatic carbocycles. The van der Waals surface area contributed by atoms with Gasteiger partial charge in [-0.1, -0.05) is 0 Å². The van der Waals surface area contributed by atoms with Crippen molar-refractivity contribution in [2.45, 2.75) is 6.61 Å². The first-order valence-corrected chi connectivity index (χ1v) is 11.8. The number of hydrogen-bond acceptors (Lipinski definition) is 8.